The van der Waals surface area contributed by atoms with E-state index in [0.29, 0.717) is 22.9 Å². The number of anilines is 1. The molecule has 7 heteroatoms. The summed E-state index contributed by atoms with van der Waals surface area (Å²) in [4.78, 5) is 14.8. The number of aromatic nitrogens is 2. The Labute approximate surface area is 175 Å². The number of carbonyl (C=O) groups excluding carboxylic acids is 1. The van der Waals surface area contributed by atoms with Crippen molar-refractivity contribution in [2.24, 2.45) is 11.8 Å². The number of rotatable bonds is 5. The fraction of sp³-hybridized carbons (Fsp3) is 0.500. The first-order valence-electron chi connectivity index (χ1n) is 10.2. The predicted molar refractivity (Wildman–Crippen MR) is 110 cm³/mol. The molecule has 152 valence electrons. The SMILES string of the molecule is COCOc1cc(Cl)ccc1-c1cc2c(nn1)N([C@H]1CC3CC[C@@H](C3)C1)C(=O)C2. The van der Waals surface area contributed by atoms with E-state index in [1.54, 1.807) is 19.2 Å². The van der Waals surface area contributed by atoms with Gasteiger partial charge in [-0.25, -0.2) is 0 Å². The van der Waals surface area contributed by atoms with Crippen LogP contribution in [-0.2, 0) is 16.0 Å². The van der Waals surface area contributed by atoms with Gasteiger partial charge in [0.2, 0.25) is 5.91 Å². The summed E-state index contributed by atoms with van der Waals surface area (Å²) in [7, 11) is 1.57. The van der Waals surface area contributed by atoms with Crippen molar-refractivity contribution in [1.29, 1.82) is 0 Å². The maximum Gasteiger partial charge on any atom is 0.233 e. The molecule has 1 unspecified atom stereocenters. The Kier molecular flexibility index (Phi) is 4.92. The van der Waals surface area contributed by atoms with E-state index in [1.165, 1.54) is 19.3 Å². The largest absolute Gasteiger partial charge is 0.467 e. The van der Waals surface area contributed by atoms with Crippen LogP contribution in [0.2, 0.25) is 5.02 Å². The molecule has 2 bridgehead atoms. The van der Waals surface area contributed by atoms with E-state index in [9.17, 15) is 4.79 Å². The van der Waals surface area contributed by atoms with Crippen molar-refractivity contribution < 1.29 is 14.3 Å². The summed E-state index contributed by atoms with van der Waals surface area (Å²) in [5, 5.41) is 9.51. The Morgan fingerprint density at radius 2 is 1.93 bits per heavy atom. The van der Waals surface area contributed by atoms with E-state index in [4.69, 9.17) is 21.1 Å². The van der Waals surface area contributed by atoms with Crippen molar-refractivity contribution in [1.82, 2.24) is 10.2 Å². The summed E-state index contributed by atoms with van der Waals surface area (Å²) in [6.45, 7) is 0.113. The number of carbonyl (C=O) groups is 1. The molecule has 0 spiro atoms. The lowest BCUT2D eigenvalue weighted by molar-refractivity contribution is -0.118. The fourth-order valence-corrected chi connectivity index (χ4v) is 5.43. The number of benzene rings is 1. The molecule has 1 aromatic heterocycles. The molecule has 29 heavy (non-hydrogen) atoms. The summed E-state index contributed by atoms with van der Waals surface area (Å²) in [6.07, 6.45) is 6.51. The molecule has 2 saturated carbocycles. The second-order valence-electron chi connectivity index (χ2n) is 8.38. The van der Waals surface area contributed by atoms with Gasteiger partial charge in [0.25, 0.3) is 0 Å². The molecule has 0 saturated heterocycles. The molecule has 1 aromatic carbocycles. The van der Waals surface area contributed by atoms with Crippen molar-refractivity contribution in [2.75, 3.05) is 18.8 Å². The highest BCUT2D eigenvalue weighted by Gasteiger charge is 2.42. The number of amides is 1. The van der Waals surface area contributed by atoms with E-state index in [0.717, 1.165) is 41.6 Å². The van der Waals surface area contributed by atoms with Gasteiger partial charge in [-0.15, -0.1) is 10.2 Å². The van der Waals surface area contributed by atoms with E-state index in [2.05, 4.69) is 10.2 Å². The van der Waals surface area contributed by atoms with Crippen LogP contribution in [0.5, 0.6) is 5.75 Å². The van der Waals surface area contributed by atoms with Crippen LogP contribution in [0.1, 0.15) is 37.7 Å². The highest BCUT2D eigenvalue weighted by molar-refractivity contribution is 6.30. The highest BCUT2D eigenvalue weighted by atomic mass is 35.5. The number of hydrogen-bond donors (Lipinski definition) is 0. The molecule has 1 amide bonds. The van der Waals surface area contributed by atoms with Crippen molar-refractivity contribution >= 4 is 23.3 Å². The lowest BCUT2D eigenvalue weighted by atomic mass is 9.85. The summed E-state index contributed by atoms with van der Waals surface area (Å²) in [6, 6.07) is 7.62. The van der Waals surface area contributed by atoms with Crippen LogP contribution in [0.3, 0.4) is 0 Å². The summed E-state index contributed by atoms with van der Waals surface area (Å²) < 4.78 is 10.7. The zero-order valence-electron chi connectivity index (χ0n) is 16.4. The van der Waals surface area contributed by atoms with Gasteiger partial charge in [0.15, 0.2) is 12.6 Å². The molecule has 1 aliphatic heterocycles. The number of nitrogens with zero attached hydrogens (tertiary/aromatic N) is 3. The molecule has 5 rings (SSSR count). The number of hydrogen-bond acceptors (Lipinski definition) is 5. The molecule has 2 heterocycles. The van der Waals surface area contributed by atoms with Crippen molar-refractivity contribution in [3.8, 4) is 17.0 Å². The maximum atomic E-state index is 12.9. The Balaban J connectivity index is 1.46. The maximum absolute atomic E-state index is 12.9. The zero-order chi connectivity index (χ0) is 20.0. The van der Waals surface area contributed by atoms with Crippen LogP contribution >= 0.6 is 11.6 Å². The van der Waals surface area contributed by atoms with Gasteiger partial charge in [0, 0.05) is 29.3 Å². The molecular weight excluding hydrogens is 390 g/mol. The highest BCUT2D eigenvalue weighted by Crippen LogP contribution is 2.45. The first-order valence-corrected chi connectivity index (χ1v) is 10.6. The Hall–Kier alpha value is -2.18. The van der Waals surface area contributed by atoms with E-state index in [-0.39, 0.29) is 18.7 Å². The molecule has 3 atom stereocenters. The van der Waals surface area contributed by atoms with Crippen LogP contribution in [0.25, 0.3) is 11.3 Å². The van der Waals surface area contributed by atoms with Crippen molar-refractivity contribution in [3.63, 3.8) is 0 Å². The smallest absolute Gasteiger partial charge is 0.233 e. The predicted octanol–water partition coefficient (Wildman–Crippen LogP) is 4.25. The van der Waals surface area contributed by atoms with Crippen LogP contribution in [0.4, 0.5) is 5.82 Å². The first kappa shape index (κ1) is 18.8. The Morgan fingerprint density at radius 3 is 2.69 bits per heavy atom. The van der Waals surface area contributed by atoms with Gasteiger partial charge in [-0.2, -0.15) is 0 Å². The Morgan fingerprint density at radius 1 is 1.14 bits per heavy atom. The second-order valence-corrected chi connectivity index (χ2v) is 8.82. The van der Waals surface area contributed by atoms with Gasteiger partial charge in [0.05, 0.1) is 12.1 Å². The average Bonchev–Trinajstić information content (AvgIpc) is 3.23. The number of fused-ring (bicyclic) bond motifs is 3. The molecular formula is C22H24ClN3O3. The quantitative estimate of drug-likeness (QED) is 0.685. The first-order chi connectivity index (χ1) is 14.1. The third-order valence-electron chi connectivity index (χ3n) is 6.47. The molecule has 0 N–H and O–H groups in total. The van der Waals surface area contributed by atoms with E-state index >= 15 is 0 Å². The van der Waals surface area contributed by atoms with Gasteiger partial charge in [-0.3, -0.25) is 9.69 Å². The topological polar surface area (TPSA) is 64.6 Å². The number of ether oxygens (including phenoxy) is 2. The standard InChI is InChI=1S/C22H24ClN3O3/c1-28-12-29-20-11-16(23)4-5-18(20)19-9-15-10-21(27)26(22(15)25-24-19)17-7-13-2-3-14(6-13)8-17/h4-5,9,11,13-14,17H,2-3,6-8,10,12H2,1H3/t13-,14?,17+/m0/s1. The summed E-state index contributed by atoms with van der Waals surface area (Å²) in [5.41, 5.74) is 2.39. The minimum absolute atomic E-state index is 0.113. The minimum atomic E-state index is 0.113. The van der Waals surface area contributed by atoms with Gasteiger partial charge >= 0.3 is 0 Å². The monoisotopic (exact) mass is 413 g/mol. The number of methoxy groups -OCH3 is 1. The van der Waals surface area contributed by atoms with Gasteiger partial charge < -0.3 is 9.47 Å². The van der Waals surface area contributed by atoms with Crippen LogP contribution in [0, 0.1) is 11.8 Å². The Bertz CT molecular complexity index is 939. The van der Waals surface area contributed by atoms with Gasteiger partial charge in [0.1, 0.15) is 5.75 Å². The van der Waals surface area contributed by atoms with E-state index < -0.39 is 0 Å². The van der Waals surface area contributed by atoms with Crippen molar-refractivity contribution in [2.45, 2.75) is 44.6 Å². The lowest BCUT2D eigenvalue weighted by Crippen LogP contribution is -2.42. The molecule has 3 aliphatic rings. The molecule has 2 fully saturated rings. The zero-order valence-corrected chi connectivity index (χ0v) is 17.2. The van der Waals surface area contributed by atoms with Crippen LogP contribution in [0.15, 0.2) is 24.3 Å². The molecule has 0 radical (unpaired) electrons. The third-order valence-corrected chi connectivity index (χ3v) is 6.70. The third kappa shape index (κ3) is 3.49. The normalized spacial score (nSPS) is 25.4. The second kappa shape index (κ2) is 7.58. The number of halogens is 1. The average molecular weight is 414 g/mol. The van der Waals surface area contributed by atoms with Gasteiger partial charge in [-0.05, 0) is 55.4 Å². The summed E-state index contributed by atoms with van der Waals surface area (Å²) >= 11 is 6.12. The van der Waals surface area contributed by atoms with Crippen molar-refractivity contribution in [3.05, 3.63) is 34.9 Å². The van der Waals surface area contributed by atoms with E-state index in [1.807, 2.05) is 17.0 Å². The minimum Gasteiger partial charge on any atom is -0.467 e. The van der Waals surface area contributed by atoms with Crippen LogP contribution < -0.4 is 9.64 Å². The summed E-state index contributed by atoms with van der Waals surface area (Å²) in [5.74, 6) is 2.98. The van der Waals surface area contributed by atoms with Gasteiger partial charge in [-0.1, -0.05) is 24.4 Å². The lowest BCUT2D eigenvalue weighted by Gasteiger charge is -2.34. The van der Waals surface area contributed by atoms with Crippen LogP contribution in [-0.4, -0.2) is 36.0 Å². The molecule has 2 aromatic rings. The molecule has 6 nitrogen and oxygen atoms in total. The fourth-order valence-electron chi connectivity index (χ4n) is 5.26. The molecule has 2 aliphatic carbocycles.